The molecule has 0 aliphatic rings. The molecule has 0 aliphatic heterocycles. The van der Waals surface area contributed by atoms with E-state index in [2.05, 4.69) is 24.5 Å². The minimum absolute atomic E-state index is 0.217. The molecule has 3 aromatic carbocycles. The molecule has 0 saturated carbocycles. The fraction of sp³-hybridized carbons (Fsp3) is 0.207. The highest BCUT2D eigenvalue weighted by molar-refractivity contribution is 6.06. The molecule has 0 spiro atoms. The van der Waals surface area contributed by atoms with Crippen molar-refractivity contribution in [3.8, 4) is 11.4 Å². The van der Waals surface area contributed by atoms with Gasteiger partial charge in [0.15, 0.2) is 0 Å². The van der Waals surface area contributed by atoms with Crippen LogP contribution < -0.4 is 20.9 Å². The molecule has 190 valence electrons. The standard InChI is InChI=1S/C29H30N4O4/c1-19(2)18-37-25-16-12-22(13-17-25)27(34)30-23-14-10-21(11-15-23)28(35)31-26-20(3)32(4)33(29(26)36)24-8-6-5-7-9-24/h5-17,19H,18H2,1-4H3,(H,30,34)(H,31,35). The minimum atomic E-state index is -0.416. The summed E-state index contributed by atoms with van der Waals surface area (Å²) >= 11 is 0. The lowest BCUT2D eigenvalue weighted by Gasteiger charge is -2.10. The lowest BCUT2D eigenvalue weighted by Crippen LogP contribution is -2.23. The maximum absolute atomic E-state index is 13.0. The average Bonchev–Trinajstić information content (AvgIpc) is 3.11. The van der Waals surface area contributed by atoms with Crippen LogP contribution in [0.4, 0.5) is 11.4 Å². The van der Waals surface area contributed by atoms with Crippen molar-refractivity contribution in [3.05, 3.63) is 106 Å². The summed E-state index contributed by atoms with van der Waals surface area (Å²) in [4.78, 5) is 38.5. The summed E-state index contributed by atoms with van der Waals surface area (Å²) in [6.07, 6.45) is 0. The van der Waals surface area contributed by atoms with Gasteiger partial charge in [0.2, 0.25) is 0 Å². The number of amides is 2. The van der Waals surface area contributed by atoms with Gasteiger partial charge in [0.1, 0.15) is 11.4 Å². The van der Waals surface area contributed by atoms with Crippen molar-refractivity contribution in [1.82, 2.24) is 9.36 Å². The van der Waals surface area contributed by atoms with Crippen molar-refractivity contribution >= 4 is 23.2 Å². The van der Waals surface area contributed by atoms with Crippen molar-refractivity contribution < 1.29 is 14.3 Å². The Hall–Kier alpha value is -4.59. The number of ether oxygens (including phenoxy) is 1. The number of hydrogen-bond acceptors (Lipinski definition) is 4. The van der Waals surface area contributed by atoms with Gasteiger partial charge in [-0.1, -0.05) is 32.0 Å². The molecular formula is C29H30N4O4. The lowest BCUT2D eigenvalue weighted by atomic mass is 10.1. The molecule has 0 bridgehead atoms. The summed E-state index contributed by atoms with van der Waals surface area (Å²) in [5.41, 5.74) is 2.64. The minimum Gasteiger partial charge on any atom is -0.493 e. The number of hydrogen-bond donors (Lipinski definition) is 2. The molecule has 8 nitrogen and oxygen atoms in total. The van der Waals surface area contributed by atoms with Gasteiger partial charge in [-0.25, -0.2) is 4.68 Å². The monoisotopic (exact) mass is 498 g/mol. The molecule has 4 rings (SSSR count). The van der Waals surface area contributed by atoms with Crippen LogP contribution in [0.1, 0.15) is 40.3 Å². The van der Waals surface area contributed by atoms with Gasteiger partial charge in [0, 0.05) is 23.9 Å². The number of carbonyl (C=O) groups excluding carboxylic acids is 2. The van der Waals surface area contributed by atoms with E-state index in [1.807, 2.05) is 30.3 Å². The third-order valence-corrected chi connectivity index (χ3v) is 5.90. The van der Waals surface area contributed by atoms with Crippen LogP contribution in [0, 0.1) is 12.8 Å². The molecule has 8 heteroatoms. The molecule has 0 unspecified atom stereocenters. The van der Waals surface area contributed by atoms with E-state index < -0.39 is 5.91 Å². The van der Waals surface area contributed by atoms with E-state index in [-0.39, 0.29) is 17.2 Å². The summed E-state index contributed by atoms with van der Waals surface area (Å²) in [5, 5.41) is 5.56. The summed E-state index contributed by atoms with van der Waals surface area (Å²) in [6, 6.07) is 22.7. The van der Waals surface area contributed by atoms with Crippen LogP contribution in [0.15, 0.2) is 83.7 Å². The van der Waals surface area contributed by atoms with Crippen molar-refractivity contribution in [2.45, 2.75) is 20.8 Å². The zero-order chi connectivity index (χ0) is 26.5. The van der Waals surface area contributed by atoms with Crippen LogP contribution in [0.25, 0.3) is 5.69 Å². The Morgan fingerprint density at radius 1 is 0.838 bits per heavy atom. The molecule has 37 heavy (non-hydrogen) atoms. The second-order valence-corrected chi connectivity index (χ2v) is 9.15. The topological polar surface area (TPSA) is 94.4 Å². The van der Waals surface area contributed by atoms with E-state index in [9.17, 15) is 14.4 Å². The van der Waals surface area contributed by atoms with E-state index in [0.717, 1.165) is 0 Å². The van der Waals surface area contributed by atoms with Crippen LogP contribution >= 0.6 is 0 Å². The quantitative estimate of drug-likeness (QED) is 0.357. The Labute approximate surface area is 215 Å². The van der Waals surface area contributed by atoms with Gasteiger partial charge >= 0.3 is 0 Å². The highest BCUT2D eigenvalue weighted by Gasteiger charge is 2.19. The second-order valence-electron chi connectivity index (χ2n) is 9.15. The Morgan fingerprint density at radius 3 is 2.00 bits per heavy atom. The summed E-state index contributed by atoms with van der Waals surface area (Å²) in [6.45, 7) is 6.53. The highest BCUT2D eigenvalue weighted by atomic mass is 16.5. The first kappa shape index (κ1) is 25.5. The number of anilines is 2. The van der Waals surface area contributed by atoms with Crippen LogP contribution in [-0.4, -0.2) is 27.8 Å². The van der Waals surface area contributed by atoms with Gasteiger partial charge < -0.3 is 15.4 Å². The largest absolute Gasteiger partial charge is 0.493 e. The van der Waals surface area contributed by atoms with Crippen molar-refractivity contribution in [2.75, 3.05) is 17.2 Å². The van der Waals surface area contributed by atoms with Crippen molar-refractivity contribution in [3.63, 3.8) is 0 Å². The van der Waals surface area contributed by atoms with Crippen molar-refractivity contribution in [2.24, 2.45) is 13.0 Å². The third-order valence-electron chi connectivity index (χ3n) is 5.90. The van der Waals surface area contributed by atoms with E-state index in [4.69, 9.17) is 4.74 Å². The molecule has 1 aromatic heterocycles. The molecule has 0 aliphatic carbocycles. The fourth-order valence-corrected chi connectivity index (χ4v) is 3.77. The summed E-state index contributed by atoms with van der Waals surface area (Å²) < 4.78 is 8.86. The maximum atomic E-state index is 13.0. The first-order valence-corrected chi connectivity index (χ1v) is 12.0. The molecule has 4 aromatic rings. The van der Waals surface area contributed by atoms with Crippen LogP contribution in [0.2, 0.25) is 0 Å². The molecule has 0 atom stereocenters. The third kappa shape index (κ3) is 5.81. The zero-order valence-corrected chi connectivity index (χ0v) is 21.3. The second kappa shape index (κ2) is 11.0. The Bertz CT molecular complexity index is 1450. The SMILES string of the molecule is Cc1c(NC(=O)c2ccc(NC(=O)c3ccc(OCC(C)C)cc3)cc2)c(=O)n(-c2ccccc2)n1C. The maximum Gasteiger partial charge on any atom is 0.295 e. The summed E-state index contributed by atoms with van der Waals surface area (Å²) in [5.74, 6) is 0.442. The van der Waals surface area contributed by atoms with Crippen molar-refractivity contribution in [1.29, 1.82) is 0 Å². The van der Waals surface area contributed by atoms with Gasteiger partial charge in [-0.15, -0.1) is 0 Å². The Kier molecular flexibility index (Phi) is 7.57. The molecule has 1 heterocycles. The van der Waals surface area contributed by atoms with Gasteiger partial charge in [-0.2, -0.15) is 0 Å². The number of para-hydroxylation sites is 1. The molecule has 0 saturated heterocycles. The molecule has 0 radical (unpaired) electrons. The normalized spacial score (nSPS) is 10.8. The molecule has 0 fully saturated rings. The van der Waals surface area contributed by atoms with E-state index in [1.54, 1.807) is 67.2 Å². The van der Waals surface area contributed by atoms with E-state index in [1.165, 1.54) is 4.68 Å². The predicted molar refractivity (Wildman–Crippen MR) is 145 cm³/mol. The number of carbonyl (C=O) groups is 2. The van der Waals surface area contributed by atoms with Crippen LogP contribution in [0.3, 0.4) is 0 Å². The first-order valence-electron chi connectivity index (χ1n) is 12.0. The fourth-order valence-electron chi connectivity index (χ4n) is 3.77. The summed E-state index contributed by atoms with van der Waals surface area (Å²) in [7, 11) is 1.77. The van der Waals surface area contributed by atoms with E-state index >= 15 is 0 Å². The predicted octanol–water partition coefficient (Wildman–Crippen LogP) is 5.02. The molecular weight excluding hydrogens is 468 g/mol. The molecule has 2 N–H and O–H groups in total. The number of benzene rings is 3. The molecule has 2 amide bonds. The highest BCUT2D eigenvalue weighted by Crippen LogP contribution is 2.18. The Balaban J connectivity index is 1.42. The first-order chi connectivity index (χ1) is 17.7. The smallest absolute Gasteiger partial charge is 0.295 e. The zero-order valence-electron chi connectivity index (χ0n) is 21.3. The number of nitrogens with one attached hydrogen (secondary N) is 2. The van der Waals surface area contributed by atoms with Gasteiger partial charge in [0.25, 0.3) is 17.4 Å². The van der Waals surface area contributed by atoms with Gasteiger partial charge in [-0.05, 0) is 73.5 Å². The lowest BCUT2D eigenvalue weighted by molar-refractivity contribution is 0.101. The number of aromatic nitrogens is 2. The Morgan fingerprint density at radius 2 is 1.41 bits per heavy atom. The average molecular weight is 499 g/mol. The number of rotatable bonds is 8. The van der Waals surface area contributed by atoms with Gasteiger partial charge in [-0.3, -0.25) is 19.1 Å². The van der Waals surface area contributed by atoms with Crippen LogP contribution in [0.5, 0.6) is 5.75 Å². The van der Waals surface area contributed by atoms with Gasteiger partial charge in [0.05, 0.1) is 18.0 Å². The number of nitrogens with zero attached hydrogens (tertiary/aromatic N) is 2. The van der Waals surface area contributed by atoms with E-state index in [0.29, 0.717) is 46.5 Å². The van der Waals surface area contributed by atoms with Crippen LogP contribution in [-0.2, 0) is 7.05 Å².